The molecule has 0 aromatic rings. The van der Waals surface area contributed by atoms with E-state index in [1.165, 1.54) is 45.4 Å². The molecule has 7 atom stereocenters. The van der Waals surface area contributed by atoms with Crippen LogP contribution in [0.2, 0.25) is 0 Å². The Balaban J connectivity index is 1.55. The standard InChI is InChI=1S/C22H35NO3/c1-14(24)26-13-15-5-7-17-16-6-8-19-22(3,12-10-20(25)23(19)4)18(16)9-11-21(15,17)2/h15-19H,5-13H2,1-4H3/t15?,16-,17-,18-,19+,21+,22+/m0/s1. The normalized spacial score (nSPS) is 47.8. The monoisotopic (exact) mass is 361 g/mol. The number of hydrogen-bond donors (Lipinski definition) is 0. The number of esters is 1. The van der Waals surface area contributed by atoms with Gasteiger partial charge in [-0.1, -0.05) is 13.8 Å². The van der Waals surface area contributed by atoms with Crippen molar-refractivity contribution < 1.29 is 14.3 Å². The van der Waals surface area contributed by atoms with Crippen molar-refractivity contribution in [2.75, 3.05) is 13.7 Å². The molecule has 0 N–H and O–H groups in total. The minimum atomic E-state index is -0.145. The number of ether oxygens (including phenoxy) is 1. The highest BCUT2D eigenvalue weighted by Crippen LogP contribution is 2.66. The summed E-state index contributed by atoms with van der Waals surface area (Å²) in [5, 5.41) is 0. The molecule has 1 saturated heterocycles. The number of carbonyl (C=O) groups excluding carboxylic acids is 2. The molecule has 0 aromatic carbocycles. The molecule has 4 nitrogen and oxygen atoms in total. The summed E-state index contributed by atoms with van der Waals surface area (Å²) in [7, 11) is 2.03. The van der Waals surface area contributed by atoms with E-state index in [4.69, 9.17) is 4.74 Å². The van der Waals surface area contributed by atoms with Gasteiger partial charge in [-0.25, -0.2) is 0 Å². The van der Waals surface area contributed by atoms with Crippen LogP contribution < -0.4 is 0 Å². The average Bonchev–Trinajstić information content (AvgIpc) is 2.93. The zero-order valence-corrected chi connectivity index (χ0v) is 16.9. The largest absolute Gasteiger partial charge is 0.466 e. The van der Waals surface area contributed by atoms with Gasteiger partial charge in [0.2, 0.25) is 5.91 Å². The van der Waals surface area contributed by atoms with Gasteiger partial charge in [-0.2, -0.15) is 0 Å². The second-order valence-electron chi connectivity index (χ2n) is 10.1. The highest BCUT2D eigenvalue weighted by Gasteiger charge is 2.61. The fraction of sp³-hybridized carbons (Fsp3) is 0.909. The Morgan fingerprint density at radius 3 is 2.54 bits per heavy atom. The van der Waals surface area contributed by atoms with Crippen LogP contribution in [0.4, 0.5) is 0 Å². The summed E-state index contributed by atoms with van der Waals surface area (Å²) in [5.41, 5.74) is 0.622. The molecule has 0 bridgehead atoms. The van der Waals surface area contributed by atoms with Gasteiger partial charge in [-0.3, -0.25) is 9.59 Å². The van der Waals surface area contributed by atoms with E-state index < -0.39 is 0 Å². The number of piperidine rings is 1. The third kappa shape index (κ3) is 2.54. The summed E-state index contributed by atoms with van der Waals surface area (Å²) >= 11 is 0. The maximum Gasteiger partial charge on any atom is 0.302 e. The lowest BCUT2D eigenvalue weighted by molar-refractivity contribution is -0.160. The van der Waals surface area contributed by atoms with Crippen LogP contribution in [-0.2, 0) is 14.3 Å². The Bertz CT molecular complexity index is 604. The Morgan fingerprint density at radius 2 is 1.81 bits per heavy atom. The molecule has 4 rings (SSSR count). The molecule has 0 radical (unpaired) electrons. The molecule has 1 amide bonds. The lowest BCUT2D eigenvalue weighted by Crippen LogP contribution is -2.61. The first-order valence-electron chi connectivity index (χ1n) is 10.7. The quantitative estimate of drug-likeness (QED) is 0.698. The molecule has 1 heterocycles. The molecule has 3 saturated carbocycles. The van der Waals surface area contributed by atoms with Crippen LogP contribution >= 0.6 is 0 Å². The summed E-state index contributed by atoms with van der Waals surface area (Å²) < 4.78 is 5.42. The van der Waals surface area contributed by atoms with Crippen molar-refractivity contribution in [3.05, 3.63) is 0 Å². The van der Waals surface area contributed by atoms with Crippen molar-refractivity contribution in [1.29, 1.82) is 0 Å². The Hall–Kier alpha value is -1.06. The molecule has 26 heavy (non-hydrogen) atoms. The number of rotatable bonds is 2. The first-order valence-corrected chi connectivity index (χ1v) is 10.7. The molecule has 1 aliphatic heterocycles. The van der Waals surface area contributed by atoms with E-state index in [2.05, 4.69) is 18.7 Å². The van der Waals surface area contributed by atoms with Gasteiger partial charge in [0.1, 0.15) is 0 Å². The highest BCUT2D eigenvalue weighted by molar-refractivity contribution is 5.77. The number of amides is 1. The highest BCUT2D eigenvalue weighted by atomic mass is 16.5. The second-order valence-corrected chi connectivity index (χ2v) is 10.1. The zero-order valence-electron chi connectivity index (χ0n) is 16.9. The Morgan fingerprint density at radius 1 is 1.08 bits per heavy atom. The minimum absolute atomic E-state index is 0.145. The third-order valence-electron chi connectivity index (χ3n) is 9.24. The van der Waals surface area contributed by atoms with Crippen LogP contribution in [0.3, 0.4) is 0 Å². The van der Waals surface area contributed by atoms with E-state index in [1.807, 2.05) is 7.05 Å². The van der Waals surface area contributed by atoms with Crippen LogP contribution in [-0.4, -0.2) is 36.5 Å². The van der Waals surface area contributed by atoms with E-state index in [0.717, 1.165) is 30.6 Å². The maximum absolute atomic E-state index is 12.2. The number of carbonyl (C=O) groups is 2. The number of likely N-dealkylation sites (tertiary alicyclic amines) is 1. The van der Waals surface area contributed by atoms with Crippen LogP contribution in [0.25, 0.3) is 0 Å². The summed E-state index contributed by atoms with van der Waals surface area (Å²) in [4.78, 5) is 25.6. The minimum Gasteiger partial charge on any atom is -0.466 e. The van der Waals surface area contributed by atoms with Crippen molar-refractivity contribution in [2.45, 2.75) is 78.2 Å². The van der Waals surface area contributed by atoms with Gasteiger partial charge < -0.3 is 9.64 Å². The van der Waals surface area contributed by atoms with E-state index in [1.54, 1.807) is 0 Å². The van der Waals surface area contributed by atoms with Crippen molar-refractivity contribution in [1.82, 2.24) is 4.90 Å². The van der Waals surface area contributed by atoms with Gasteiger partial charge in [0.15, 0.2) is 0 Å². The smallest absolute Gasteiger partial charge is 0.302 e. The summed E-state index contributed by atoms with van der Waals surface area (Å²) in [6, 6.07) is 0.438. The van der Waals surface area contributed by atoms with Crippen molar-refractivity contribution in [3.8, 4) is 0 Å². The molecule has 0 aromatic heterocycles. The van der Waals surface area contributed by atoms with Crippen molar-refractivity contribution in [2.24, 2.45) is 34.5 Å². The zero-order chi connectivity index (χ0) is 18.7. The lowest BCUT2D eigenvalue weighted by Gasteiger charge is -2.61. The summed E-state index contributed by atoms with van der Waals surface area (Å²) in [5.74, 6) is 3.03. The molecule has 146 valence electrons. The van der Waals surface area contributed by atoms with Gasteiger partial charge >= 0.3 is 5.97 Å². The third-order valence-corrected chi connectivity index (χ3v) is 9.24. The predicted molar refractivity (Wildman–Crippen MR) is 100 cm³/mol. The average molecular weight is 362 g/mol. The van der Waals surface area contributed by atoms with Crippen molar-refractivity contribution in [3.63, 3.8) is 0 Å². The molecule has 1 unspecified atom stereocenters. The van der Waals surface area contributed by atoms with E-state index in [-0.39, 0.29) is 5.97 Å². The van der Waals surface area contributed by atoms with Gasteiger partial charge in [-0.15, -0.1) is 0 Å². The molecule has 4 fully saturated rings. The first-order chi connectivity index (χ1) is 12.3. The van der Waals surface area contributed by atoms with Gasteiger partial charge in [0.25, 0.3) is 0 Å². The fourth-order valence-electron chi connectivity index (χ4n) is 7.75. The molecular weight excluding hydrogens is 326 g/mol. The van der Waals surface area contributed by atoms with Crippen LogP contribution in [0.5, 0.6) is 0 Å². The Labute approximate surface area is 158 Å². The van der Waals surface area contributed by atoms with Crippen LogP contribution in [0, 0.1) is 34.5 Å². The SMILES string of the molecule is CC(=O)OCC1CC[C@H]2[C@@H]3CC[C@H]4N(C)C(=O)CC[C@]4(C)[C@H]3CC[C@]12C. The van der Waals surface area contributed by atoms with E-state index in [9.17, 15) is 9.59 Å². The summed E-state index contributed by atoms with van der Waals surface area (Å²) in [6.45, 7) is 7.08. The lowest BCUT2D eigenvalue weighted by atomic mass is 9.47. The first kappa shape index (κ1) is 18.3. The van der Waals surface area contributed by atoms with Crippen LogP contribution in [0.15, 0.2) is 0 Å². The van der Waals surface area contributed by atoms with Crippen molar-refractivity contribution >= 4 is 11.9 Å². The van der Waals surface area contributed by atoms with Gasteiger partial charge in [0, 0.05) is 26.4 Å². The summed E-state index contributed by atoms with van der Waals surface area (Å²) in [6.07, 6.45) is 9.26. The Kier molecular flexibility index (Phi) is 4.39. The maximum atomic E-state index is 12.2. The van der Waals surface area contributed by atoms with Gasteiger partial charge in [0.05, 0.1) is 6.61 Å². The van der Waals surface area contributed by atoms with Gasteiger partial charge in [-0.05, 0) is 79.4 Å². The molecular formula is C22H35NO3. The number of fused-ring (bicyclic) bond motifs is 5. The van der Waals surface area contributed by atoms with E-state index >= 15 is 0 Å². The molecule has 4 aliphatic rings. The molecule has 3 aliphatic carbocycles. The predicted octanol–water partition coefficient (Wildman–Crippen LogP) is 4.03. The van der Waals surface area contributed by atoms with E-state index in [0.29, 0.717) is 35.3 Å². The number of nitrogens with zero attached hydrogens (tertiary/aromatic N) is 1. The number of hydrogen-bond acceptors (Lipinski definition) is 3. The molecule has 4 heteroatoms. The van der Waals surface area contributed by atoms with Crippen LogP contribution in [0.1, 0.15) is 72.1 Å². The molecule has 0 spiro atoms. The fourth-order valence-corrected chi connectivity index (χ4v) is 7.75. The second kappa shape index (κ2) is 6.24. The topological polar surface area (TPSA) is 46.6 Å².